The summed E-state index contributed by atoms with van der Waals surface area (Å²) in [5.41, 5.74) is 3.48. The van der Waals surface area contributed by atoms with E-state index in [9.17, 15) is 4.79 Å². The molecule has 154 valence electrons. The molecule has 0 aliphatic heterocycles. The summed E-state index contributed by atoms with van der Waals surface area (Å²) in [6, 6.07) is 9.00. The lowest BCUT2D eigenvalue weighted by molar-refractivity contribution is -0.124. The molecule has 1 amide bonds. The van der Waals surface area contributed by atoms with Gasteiger partial charge in [-0.3, -0.25) is 4.79 Å². The Kier molecular flexibility index (Phi) is 4.38. The maximum atomic E-state index is 13.8. The van der Waals surface area contributed by atoms with Gasteiger partial charge in [0.05, 0.1) is 37.9 Å². The van der Waals surface area contributed by atoms with Crippen LogP contribution in [0.2, 0.25) is 15.1 Å². The first-order chi connectivity index (χ1) is 14.2. The molecule has 4 nitrogen and oxygen atoms in total. The number of nitrogens with one attached hydrogen (secondary N) is 1. The molecule has 3 aromatic rings. The molecule has 0 spiro atoms. The summed E-state index contributed by atoms with van der Waals surface area (Å²) in [5.74, 6) is 0.0953. The lowest BCUT2D eigenvalue weighted by atomic mass is 9.67. The van der Waals surface area contributed by atoms with E-state index in [1.807, 2.05) is 25.1 Å². The monoisotopic (exact) mass is 459 g/mol. The largest absolute Gasteiger partial charge is 0.325 e. The number of rotatable bonds is 2. The molecule has 7 heteroatoms. The lowest BCUT2D eigenvalue weighted by Gasteiger charge is -2.36. The van der Waals surface area contributed by atoms with Gasteiger partial charge in [0.2, 0.25) is 5.91 Å². The van der Waals surface area contributed by atoms with Gasteiger partial charge in [0.1, 0.15) is 0 Å². The fraction of sp³-hybridized carbons (Fsp3) is 0.348. The van der Waals surface area contributed by atoms with Crippen LogP contribution in [0.25, 0.3) is 11.0 Å². The third-order valence-electron chi connectivity index (χ3n) is 7.15. The van der Waals surface area contributed by atoms with E-state index in [0.29, 0.717) is 26.1 Å². The van der Waals surface area contributed by atoms with Crippen LogP contribution in [0.15, 0.2) is 30.3 Å². The van der Waals surface area contributed by atoms with Crippen LogP contribution in [-0.4, -0.2) is 15.9 Å². The van der Waals surface area contributed by atoms with E-state index in [1.54, 1.807) is 12.1 Å². The molecule has 0 saturated heterocycles. The maximum absolute atomic E-state index is 13.8. The van der Waals surface area contributed by atoms with Crippen LogP contribution < -0.4 is 5.32 Å². The van der Waals surface area contributed by atoms with Crippen LogP contribution in [0.5, 0.6) is 0 Å². The van der Waals surface area contributed by atoms with Gasteiger partial charge in [-0.25, -0.2) is 9.97 Å². The first-order valence-corrected chi connectivity index (χ1v) is 11.0. The van der Waals surface area contributed by atoms with Crippen molar-refractivity contribution < 1.29 is 4.79 Å². The zero-order chi connectivity index (χ0) is 21.4. The molecule has 1 heterocycles. The lowest BCUT2D eigenvalue weighted by Crippen LogP contribution is -2.46. The fourth-order valence-corrected chi connectivity index (χ4v) is 5.84. The second-order valence-corrected chi connectivity index (χ2v) is 10.0. The SMILES string of the molecule is Cc1c(Cl)cccc1NC(=O)C12CCC(c3nc4cc(Cl)c(Cl)cc4nc31)C2(C)C. The van der Waals surface area contributed by atoms with E-state index in [1.165, 1.54) is 0 Å². The molecule has 2 bridgehead atoms. The number of carbonyl (C=O) groups is 1. The second kappa shape index (κ2) is 6.56. The third kappa shape index (κ3) is 2.50. The number of anilines is 1. The van der Waals surface area contributed by atoms with Gasteiger partial charge in [-0.2, -0.15) is 0 Å². The first-order valence-electron chi connectivity index (χ1n) is 9.90. The Bertz CT molecular complexity index is 1240. The standard InChI is InChI=1S/C23H20Cl3N3O/c1-11-13(24)5-4-6-16(11)29-21(30)23-8-7-12(22(23,2)3)19-20(23)28-18-10-15(26)14(25)9-17(18)27-19/h4-6,9-10,12H,7-8H2,1-3H3,(H,29,30). The molecule has 2 atom stereocenters. The predicted molar refractivity (Wildman–Crippen MR) is 122 cm³/mol. The van der Waals surface area contributed by atoms with Crippen molar-refractivity contribution in [1.82, 2.24) is 9.97 Å². The Morgan fingerprint density at radius 3 is 2.43 bits per heavy atom. The normalized spacial score (nSPS) is 23.6. The van der Waals surface area contributed by atoms with Crippen LogP contribution >= 0.6 is 34.8 Å². The highest BCUT2D eigenvalue weighted by Gasteiger charge is 2.67. The summed E-state index contributed by atoms with van der Waals surface area (Å²) in [6.07, 6.45) is 1.62. The molecule has 1 N–H and O–H groups in total. The zero-order valence-electron chi connectivity index (χ0n) is 16.8. The highest BCUT2D eigenvalue weighted by atomic mass is 35.5. The van der Waals surface area contributed by atoms with Gasteiger partial charge in [0, 0.05) is 16.6 Å². The zero-order valence-corrected chi connectivity index (χ0v) is 19.1. The molecule has 1 aromatic heterocycles. The minimum Gasteiger partial charge on any atom is -0.325 e. The summed E-state index contributed by atoms with van der Waals surface area (Å²) >= 11 is 18.7. The average molecular weight is 461 g/mol. The number of fused-ring (bicyclic) bond motifs is 6. The molecule has 1 fully saturated rings. The van der Waals surface area contributed by atoms with Crippen molar-refractivity contribution in [2.75, 3.05) is 5.32 Å². The number of amides is 1. The molecular formula is C23H20Cl3N3O. The topological polar surface area (TPSA) is 54.9 Å². The summed E-state index contributed by atoms with van der Waals surface area (Å²) in [5, 5.41) is 4.63. The second-order valence-electron chi connectivity index (χ2n) is 8.80. The minimum absolute atomic E-state index is 0.0622. The molecule has 2 unspecified atom stereocenters. The average Bonchev–Trinajstić information content (AvgIpc) is 3.06. The van der Waals surface area contributed by atoms with E-state index in [-0.39, 0.29) is 17.2 Å². The van der Waals surface area contributed by atoms with Gasteiger partial charge in [-0.15, -0.1) is 0 Å². The van der Waals surface area contributed by atoms with Crippen molar-refractivity contribution in [2.45, 2.75) is 44.9 Å². The van der Waals surface area contributed by atoms with Crippen molar-refractivity contribution in [1.29, 1.82) is 0 Å². The number of nitrogens with zero attached hydrogens (tertiary/aromatic N) is 2. The molecule has 1 saturated carbocycles. The summed E-state index contributed by atoms with van der Waals surface area (Å²) in [4.78, 5) is 23.6. The third-order valence-corrected chi connectivity index (χ3v) is 8.28. The van der Waals surface area contributed by atoms with Gasteiger partial charge < -0.3 is 5.32 Å². The fourth-order valence-electron chi connectivity index (χ4n) is 5.35. The molecule has 30 heavy (non-hydrogen) atoms. The number of hydrogen-bond donors (Lipinski definition) is 1. The van der Waals surface area contributed by atoms with Gasteiger partial charge in [-0.1, -0.05) is 54.7 Å². The molecule has 5 rings (SSSR count). The Morgan fingerprint density at radius 2 is 1.73 bits per heavy atom. The highest BCUT2D eigenvalue weighted by molar-refractivity contribution is 6.42. The van der Waals surface area contributed by atoms with E-state index in [0.717, 1.165) is 35.5 Å². The summed E-state index contributed by atoms with van der Waals surface area (Å²) < 4.78 is 0. The molecular weight excluding hydrogens is 441 g/mol. The number of aromatic nitrogens is 2. The van der Waals surface area contributed by atoms with E-state index in [2.05, 4.69) is 19.2 Å². The highest BCUT2D eigenvalue weighted by Crippen LogP contribution is 2.67. The van der Waals surface area contributed by atoms with Crippen molar-refractivity contribution in [3.63, 3.8) is 0 Å². The maximum Gasteiger partial charge on any atom is 0.237 e. The number of halogens is 3. The van der Waals surface area contributed by atoms with E-state index >= 15 is 0 Å². The van der Waals surface area contributed by atoms with Crippen molar-refractivity contribution in [3.05, 3.63) is 62.4 Å². The van der Waals surface area contributed by atoms with Crippen molar-refractivity contribution in [2.24, 2.45) is 5.41 Å². The molecule has 2 aliphatic rings. The van der Waals surface area contributed by atoms with E-state index in [4.69, 9.17) is 44.8 Å². The number of carbonyl (C=O) groups excluding carboxylic acids is 1. The van der Waals surface area contributed by atoms with Gasteiger partial charge in [-0.05, 0) is 55.0 Å². The van der Waals surface area contributed by atoms with E-state index < -0.39 is 5.41 Å². The quantitative estimate of drug-likeness (QED) is 0.463. The molecule has 0 radical (unpaired) electrons. The Balaban J connectivity index is 1.68. The first kappa shape index (κ1) is 20.0. The van der Waals surface area contributed by atoms with Crippen LogP contribution in [-0.2, 0) is 10.2 Å². The predicted octanol–water partition coefficient (Wildman–Crippen LogP) is 6.69. The summed E-state index contributed by atoms with van der Waals surface area (Å²) in [7, 11) is 0. The van der Waals surface area contributed by atoms with Crippen LogP contribution in [0, 0.1) is 12.3 Å². The smallest absolute Gasteiger partial charge is 0.237 e. The van der Waals surface area contributed by atoms with Crippen molar-refractivity contribution in [3.8, 4) is 0 Å². The van der Waals surface area contributed by atoms with Gasteiger partial charge in [0.15, 0.2) is 0 Å². The van der Waals surface area contributed by atoms with Crippen LogP contribution in [0.4, 0.5) is 5.69 Å². The summed E-state index contributed by atoms with van der Waals surface area (Å²) in [6.45, 7) is 6.19. The van der Waals surface area contributed by atoms with Gasteiger partial charge in [0.25, 0.3) is 0 Å². The van der Waals surface area contributed by atoms with Crippen molar-refractivity contribution >= 4 is 57.4 Å². The number of benzene rings is 2. The Morgan fingerprint density at radius 1 is 1.07 bits per heavy atom. The van der Waals surface area contributed by atoms with Crippen LogP contribution in [0.3, 0.4) is 0 Å². The molecule has 2 aliphatic carbocycles. The Labute approximate surface area is 190 Å². The minimum atomic E-state index is -0.769. The van der Waals surface area contributed by atoms with Gasteiger partial charge >= 0.3 is 0 Å². The van der Waals surface area contributed by atoms with Crippen LogP contribution in [0.1, 0.15) is 49.6 Å². The Hall–Kier alpha value is -1.88. The molecule has 2 aromatic carbocycles. The number of hydrogen-bond acceptors (Lipinski definition) is 3.